The van der Waals surface area contributed by atoms with Crippen LogP contribution in [-0.4, -0.2) is 40.5 Å². The van der Waals surface area contributed by atoms with Crippen LogP contribution in [0.2, 0.25) is 0 Å². The summed E-state index contributed by atoms with van der Waals surface area (Å²) >= 11 is 0. The quantitative estimate of drug-likeness (QED) is 0.301. The zero-order valence-electron chi connectivity index (χ0n) is 17.7. The van der Waals surface area contributed by atoms with E-state index in [9.17, 15) is 27.6 Å². The summed E-state index contributed by atoms with van der Waals surface area (Å²) in [6.45, 7) is 5.99. The summed E-state index contributed by atoms with van der Waals surface area (Å²) in [5.41, 5.74) is -0.199. The third-order valence-electron chi connectivity index (χ3n) is 4.31. The monoisotopic (exact) mass is 451 g/mol. The largest absolute Gasteiger partial charge is 0.461 e. The fourth-order valence-corrected chi connectivity index (χ4v) is 2.96. The number of fused-ring (bicyclic) bond motifs is 1. The molecule has 0 aliphatic heterocycles. The minimum Gasteiger partial charge on any atom is -0.461 e. The summed E-state index contributed by atoms with van der Waals surface area (Å²) in [5.74, 6) is -9.68. The van der Waals surface area contributed by atoms with Gasteiger partial charge >= 0.3 is 18.0 Å². The van der Waals surface area contributed by atoms with Crippen LogP contribution in [-0.2, 0) is 14.3 Å². The number of hydrogen-bond donors (Lipinski definition) is 0. The number of esters is 1. The van der Waals surface area contributed by atoms with E-state index in [0.717, 1.165) is 29.0 Å². The van der Waals surface area contributed by atoms with E-state index < -0.39 is 40.9 Å². The Balaban J connectivity index is 2.05. The van der Waals surface area contributed by atoms with Crippen LogP contribution in [0.5, 0.6) is 0 Å². The first-order valence-corrected chi connectivity index (χ1v) is 9.58. The normalized spacial score (nSPS) is 12.1. The number of Topliss-reactive ketones (excluding diaryl/α,β-unsaturated/α-hetero) is 1. The van der Waals surface area contributed by atoms with Gasteiger partial charge in [0.2, 0.25) is 0 Å². The van der Waals surface area contributed by atoms with E-state index in [2.05, 4.69) is 4.74 Å². The Morgan fingerprint density at radius 1 is 1.12 bits per heavy atom. The summed E-state index contributed by atoms with van der Waals surface area (Å²) in [4.78, 5) is 36.2. The number of ketones is 1. The van der Waals surface area contributed by atoms with Crippen molar-refractivity contribution in [2.75, 3.05) is 6.61 Å². The van der Waals surface area contributed by atoms with Crippen molar-refractivity contribution >= 4 is 28.7 Å². The Morgan fingerprint density at radius 2 is 1.81 bits per heavy atom. The maximum absolute atomic E-state index is 14.1. The van der Waals surface area contributed by atoms with Gasteiger partial charge in [-0.2, -0.15) is 8.78 Å². The lowest BCUT2D eigenvalue weighted by Crippen LogP contribution is -2.39. The van der Waals surface area contributed by atoms with Gasteiger partial charge in [-0.1, -0.05) is 0 Å². The number of carbonyl (C=O) groups is 3. The zero-order valence-corrected chi connectivity index (χ0v) is 17.7. The van der Waals surface area contributed by atoms with E-state index in [1.165, 1.54) is 19.2 Å². The first kappa shape index (κ1) is 23.1. The number of aromatic nitrogens is 1. The van der Waals surface area contributed by atoms with Crippen LogP contribution < -0.4 is 0 Å². The van der Waals surface area contributed by atoms with Crippen molar-refractivity contribution in [3.8, 4) is 11.1 Å². The summed E-state index contributed by atoms with van der Waals surface area (Å²) in [5, 5.41) is 0.384. The van der Waals surface area contributed by atoms with Crippen LogP contribution in [0.25, 0.3) is 22.0 Å². The minimum atomic E-state index is -4.43. The highest BCUT2D eigenvalue weighted by Gasteiger charge is 2.50. The van der Waals surface area contributed by atoms with E-state index in [1.807, 2.05) is 0 Å². The molecule has 0 aliphatic rings. The molecule has 0 saturated heterocycles. The molecule has 0 N–H and O–H groups in total. The molecule has 0 amide bonds. The van der Waals surface area contributed by atoms with Gasteiger partial charge in [0.05, 0.1) is 18.4 Å². The third kappa shape index (κ3) is 4.39. The molecule has 0 aliphatic carbocycles. The molecule has 3 rings (SSSR count). The van der Waals surface area contributed by atoms with Gasteiger partial charge in [-0.15, -0.1) is 0 Å². The lowest BCUT2D eigenvalue weighted by atomic mass is 10.1. The minimum absolute atomic E-state index is 0.159. The molecule has 2 heterocycles. The lowest BCUT2D eigenvalue weighted by Gasteiger charge is -2.19. The summed E-state index contributed by atoms with van der Waals surface area (Å²) in [6, 6.07) is 4.67. The fourth-order valence-electron chi connectivity index (χ4n) is 2.96. The molecule has 10 heteroatoms. The Bertz CT molecular complexity index is 1200. The average Bonchev–Trinajstić information content (AvgIpc) is 3.30. The molecular weight excluding hydrogens is 431 g/mol. The molecule has 0 radical (unpaired) electrons. The maximum atomic E-state index is 14.1. The van der Waals surface area contributed by atoms with Crippen LogP contribution >= 0.6 is 0 Å². The third-order valence-corrected chi connectivity index (χ3v) is 4.31. The highest BCUT2D eigenvalue weighted by atomic mass is 19.3. The van der Waals surface area contributed by atoms with Gasteiger partial charge in [0.15, 0.2) is 5.76 Å². The van der Waals surface area contributed by atoms with Crippen molar-refractivity contribution in [2.24, 2.45) is 0 Å². The Hall–Kier alpha value is -3.56. The number of carbonyl (C=O) groups excluding carboxylic acids is 3. The standard InChI is InChI=1S/C22H20F3NO6/c1-5-30-19(28)22(24,25)18(27)17-8-12(11-31-17)15-10-26(20(29)32-21(2,3)4)16-9-13(23)6-7-14(15)16/h6-11H,5H2,1-4H3. The Kier molecular flexibility index (Phi) is 5.90. The van der Waals surface area contributed by atoms with E-state index in [-0.39, 0.29) is 17.7 Å². The number of benzene rings is 1. The van der Waals surface area contributed by atoms with Crippen molar-refractivity contribution in [3.63, 3.8) is 0 Å². The Morgan fingerprint density at radius 3 is 2.44 bits per heavy atom. The van der Waals surface area contributed by atoms with Crippen molar-refractivity contribution in [2.45, 2.75) is 39.2 Å². The number of halogens is 3. The van der Waals surface area contributed by atoms with E-state index in [0.29, 0.717) is 10.9 Å². The maximum Gasteiger partial charge on any atom is 0.419 e. The van der Waals surface area contributed by atoms with Gasteiger partial charge in [0.25, 0.3) is 5.78 Å². The SMILES string of the molecule is CCOC(=O)C(F)(F)C(=O)c1cc(-c2cn(C(=O)OC(C)(C)C)c3cc(F)ccc23)co1. The van der Waals surface area contributed by atoms with Gasteiger partial charge in [-0.25, -0.2) is 14.0 Å². The van der Waals surface area contributed by atoms with Gasteiger partial charge in [-0.05, 0) is 52.0 Å². The fraction of sp³-hybridized carbons (Fsp3) is 0.318. The van der Waals surface area contributed by atoms with Gasteiger partial charge < -0.3 is 13.9 Å². The highest BCUT2D eigenvalue weighted by molar-refractivity contribution is 6.13. The second kappa shape index (κ2) is 8.18. The molecule has 0 saturated carbocycles. The second-order valence-corrected chi connectivity index (χ2v) is 7.88. The van der Waals surface area contributed by atoms with Crippen molar-refractivity contribution < 1.29 is 41.4 Å². The number of hydrogen-bond acceptors (Lipinski definition) is 6. The zero-order chi connectivity index (χ0) is 23.8. The molecule has 0 atom stereocenters. The van der Waals surface area contributed by atoms with Crippen molar-refractivity contribution in [1.29, 1.82) is 0 Å². The molecule has 3 aromatic rings. The van der Waals surface area contributed by atoms with Crippen LogP contribution in [0.3, 0.4) is 0 Å². The molecule has 0 bridgehead atoms. The predicted octanol–water partition coefficient (Wildman–Crippen LogP) is 5.20. The Labute approximate surface area is 180 Å². The van der Waals surface area contributed by atoms with Crippen LogP contribution in [0, 0.1) is 5.82 Å². The summed E-state index contributed by atoms with van der Waals surface area (Å²) in [6.07, 6.45) is 1.56. The van der Waals surface area contributed by atoms with Gasteiger partial charge in [0, 0.05) is 22.7 Å². The molecule has 170 valence electrons. The van der Waals surface area contributed by atoms with E-state index >= 15 is 0 Å². The van der Waals surface area contributed by atoms with E-state index in [4.69, 9.17) is 9.15 Å². The molecule has 0 spiro atoms. The molecule has 1 aromatic carbocycles. The predicted molar refractivity (Wildman–Crippen MR) is 107 cm³/mol. The number of furan rings is 1. The molecule has 32 heavy (non-hydrogen) atoms. The topological polar surface area (TPSA) is 87.7 Å². The van der Waals surface area contributed by atoms with Crippen molar-refractivity contribution in [3.05, 3.63) is 48.3 Å². The average molecular weight is 451 g/mol. The smallest absolute Gasteiger partial charge is 0.419 e. The van der Waals surface area contributed by atoms with Gasteiger partial charge in [0.1, 0.15) is 11.4 Å². The molecule has 7 nitrogen and oxygen atoms in total. The first-order chi connectivity index (χ1) is 14.8. The highest BCUT2D eigenvalue weighted by Crippen LogP contribution is 2.34. The lowest BCUT2D eigenvalue weighted by molar-refractivity contribution is -0.164. The van der Waals surface area contributed by atoms with E-state index in [1.54, 1.807) is 20.8 Å². The number of rotatable bonds is 5. The van der Waals surface area contributed by atoms with Crippen molar-refractivity contribution in [1.82, 2.24) is 4.57 Å². The number of ether oxygens (including phenoxy) is 2. The second-order valence-electron chi connectivity index (χ2n) is 7.88. The van der Waals surface area contributed by atoms with Crippen LogP contribution in [0.1, 0.15) is 38.2 Å². The number of nitrogens with zero attached hydrogens (tertiary/aromatic N) is 1. The first-order valence-electron chi connectivity index (χ1n) is 9.58. The van der Waals surface area contributed by atoms with Gasteiger partial charge in [-0.3, -0.25) is 9.36 Å². The summed E-state index contributed by atoms with van der Waals surface area (Å²) < 4.78 is 57.6. The molecule has 0 fully saturated rings. The molecule has 0 unspecified atom stereocenters. The van der Waals surface area contributed by atoms with Crippen LogP contribution in [0.4, 0.5) is 18.0 Å². The van der Waals surface area contributed by atoms with Crippen LogP contribution in [0.15, 0.2) is 41.1 Å². The molecular formula is C22H20F3NO6. The number of alkyl halides is 2. The summed E-state index contributed by atoms with van der Waals surface area (Å²) in [7, 11) is 0. The molecule has 2 aromatic heterocycles.